The number of nitrogens with zero attached hydrogens (tertiary/aromatic N) is 2. The third-order valence-electron chi connectivity index (χ3n) is 2.45. The molecule has 0 saturated carbocycles. The van der Waals surface area contributed by atoms with Gasteiger partial charge in [-0.3, -0.25) is 4.79 Å². The van der Waals surface area contributed by atoms with Crippen molar-refractivity contribution in [2.45, 2.75) is 6.92 Å². The number of fused-ring (bicyclic) bond motifs is 3. The summed E-state index contributed by atoms with van der Waals surface area (Å²) in [6.07, 6.45) is 0. The van der Waals surface area contributed by atoms with Crippen LogP contribution in [0, 0.1) is 0 Å². The fourth-order valence-electron chi connectivity index (χ4n) is 1.73. The van der Waals surface area contributed by atoms with Gasteiger partial charge in [-0.1, -0.05) is 23.5 Å². The zero-order valence-electron chi connectivity index (χ0n) is 8.47. The van der Waals surface area contributed by atoms with E-state index in [1.54, 1.807) is 0 Å². The van der Waals surface area contributed by atoms with E-state index in [1.807, 2.05) is 24.3 Å². The third-order valence-corrected chi connectivity index (χ3v) is 3.58. The first kappa shape index (κ1) is 9.35. The monoisotopic (exact) mass is 232 g/mol. The van der Waals surface area contributed by atoms with E-state index in [1.165, 1.54) is 22.7 Å². The molecule has 3 aromatic rings. The number of hydrogen-bond donors (Lipinski definition) is 1. The van der Waals surface area contributed by atoms with E-state index in [-0.39, 0.29) is 11.3 Å². The van der Waals surface area contributed by atoms with Crippen molar-refractivity contribution in [1.82, 2.24) is 9.38 Å². The maximum atomic E-state index is 12.0. The van der Waals surface area contributed by atoms with Gasteiger partial charge in [0.2, 0.25) is 0 Å². The molecule has 2 aromatic heterocycles. The van der Waals surface area contributed by atoms with Crippen LogP contribution in [-0.4, -0.2) is 14.5 Å². The highest BCUT2D eigenvalue weighted by Gasteiger charge is 2.11. The highest BCUT2D eigenvalue weighted by atomic mass is 32.1. The molecule has 0 aliphatic carbocycles. The van der Waals surface area contributed by atoms with Gasteiger partial charge in [0.15, 0.2) is 4.96 Å². The van der Waals surface area contributed by atoms with Gasteiger partial charge >= 0.3 is 0 Å². The molecule has 0 bridgehead atoms. The first-order chi connectivity index (χ1) is 7.68. The van der Waals surface area contributed by atoms with Crippen molar-refractivity contribution >= 4 is 33.1 Å². The van der Waals surface area contributed by atoms with Crippen LogP contribution >= 0.6 is 11.3 Å². The number of imidazole rings is 1. The molecule has 0 aliphatic rings. The van der Waals surface area contributed by atoms with E-state index in [2.05, 4.69) is 4.98 Å². The quantitative estimate of drug-likeness (QED) is 0.636. The average Bonchev–Trinajstić information content (AvgIpc) is 2.75. The SMILES string of the molecule is C/C(O)=c1/sc2nc3ccccc3n2c1=O. The van der Waals surface area contributed by atoms with Gasteiger partial charge in [0.25, 0.3) is 5.56 Å². The molecule has 0 saturated heterocycles. The van der Waals surface area contributed by atoms with Crippen molar-refractivity contribution in [1.29, 1.82) is 0 Å². The Labute approximate surface area is 94.1 Å². The van der Waals surface area contributed by atoms with Crippen LogP contribution in [0.25, 0.3) is 21.8 Å². The summed E-state index contributed by atoms with van der Waals surface area (Å²) in [5.74, 6) is 0.0459. The molecule has 0 unspecified atom stereocenters. The smallest absolute Gasteiger partial charge is 0.278 e. The maximum absolute atomic E-state index is 12.0. The summed E-state index contributed by atoms with van der Waals surface area (Å²) in [6, 6.07) is 7.46. The largest absolute Gasteiger partial charge is 0.511 e. The summed E-state index contributed by atoms with van der Waals surface area (Å²) in [7, 11) is 0. The number of rotatable bonds is 0. The predicted octanol–water partition coefficient (Wildman–Crippen LogP) is 1.31. The lowest BCUT2D eigenvalue weighted by atomic mass is 10.3. The van der Waals surface area contributed by atoms with E-state index in [9.17, 15) is 9.90 Å². The van der Waals surface area contributed by atoms with Crippen LogP contribution in [0.1, 0.15) is 6.92 Å². The Morgan fingerprint density at radius 2 is 2.19 bits per heavy atom. The zero-order valence-corrected chi connectivity index (χ0v) is 9.28. The van der Waals surface area contributed by atoms with Gasteiger partial charge in [-0.2, -0.15) is 0 Å². The lowest BCUT2D eigenvalue weighted by Gasteiger charge is -1.86. The first-order valence-electron chi connectivity index (χ1n) is 4.78. The van der Waals surface area contributed by atoms with Crippen LogP contribution in [-0.2, 0) is 0 Å². The molecular weight excluding hydrogens is 224 g/mol. The number of benzene rings is 1. The van der Waals surface area contributed by atoms with E-state index in [4.69, 9.17) is 0 Å². The molecule has 0 fully saturated rings. The number of para-hydroxylation sites is 2. The normalized spacial score (nSPS) is 13.6. The molecule has 4 nitrogen and oxygen atoms in total. The van der Waals surface area contributed by atoms with Crippen LogP contribution in [0.5, 0.6) is 0 Å². The van der Waals surface area contributed by atoms with Crippen molar-refractivity contribution < 1.29 is 5.11 Å². The standard InChI is InChI=1S/C11H8N2O2S/c1-6(14)9-10(15)13-8-5-3-2-4-7(8)12-11(13)16-9/h2-5,14H,1H3/b9-6-. The first-order valence-corrected chi connectivity index (χ1v) is 5.60. The minimum atomic E-state index is -0.200. The Morgan fingerprint density at radius 3 is 2.94 bits per heavy atom. The highest BCUT2D eigenvalue weighted by Crippen LogP contribution is 2.15. The van der Waals surface area contributed by atoms with Gasteiger partial charge in [0, 0.05) is 0 Å². The Hall–Kier alpha value is -1.88. The van der Waals surface area contributed by atoms with E-state index < -0.39 is 0 Å². The van der Waals surface area contributed by atoms with Gasteiger partial charge in [-0.15, -0.1) is 0 Å². The van der Waals surface area contributed by atoms with Crippen LogP contribution in [0.3, 0.4) is 0 Å². The highest BCUT2D eigenvalue weighted by molar-refractivity contribution is 7.15. The lowest BCUT2D eigenvalue weighted by molar-refractivity contribution is 0.499. The number of thiazole rings is 1. The molecular formula is C11H8N2O2S. The van der Waals surface area contributed by atoms with Crippen molar-refractivity contribution in [2.75, 3.05) is 0 Å². The van der Waals surface area contributed by atoms with Crippen LogP contribution in [0.2, 0.25) is 0 Å². The van der Waals surface area contributed by atoms with Crippen LogP contribution < -0.4 is 10.1 Å². The molecule has 0 spiro atoms. The van der Waals surface area contributed by atoms with Gasteiger partial charge in [-0.25, -0.2) is 9.38 Å². The summed E-state index contributed by atoms with van der Waals surface area (Å²) in [5.41, 5.74) is 1.38. The fraction of sp³-hybridized carbons (Fsp3) is 0.0909. The lowest BCUT2D eigenvalue weighted by Crippen LogP contribution is -2.24. The second-order valence-corrected chi connectivity index (χ2v) is 4.52. The predicted molar refractivity (Wildman–Crippen MR) is 63.8 cm³/mol. The molecule has 1 N–H and O–H groups in total. The number of aliphatic hydroxyl groups is 1. The Balaban J connectivity index is 2.66. The van der Waals surface area contributed by atoms with Crippen molar-refractivity contribution in [3.05, 3.63) is 39.2 Å². The van der Waals surface area contributed by atoms with E-state index in [0.29, 0.717) is 9.49 Å². The van der Waals surface area contributed by atoms with Gasteiger partial charge in [-0.05, 0) is 19.1 Å². The second kappa shape index (κ2) is 3.05. The zero-order chi connectivity index (χ0) is 11.3. The molecule has 1 aromatic carbocycles. The minimum absolute atomic E-state index is 0.0459. The Kier molecular flexibility index (Phi) is 1.79. The van der Waals surface area contributed by atoms with Gasteiger partial charge in [0.05, 0.1) is 11.0 Å². The summed E-state index contributed by atoms with van der Waals surface area (Å²) < 4.78 is 1.89. The van der Waals surface area contributed by atoms with Crippen LogP contribution in [0.4, 0.5) is 0 Å². The number of hydrogen-bond acceptors (Lipinski definition) is 4. The molecule has 0 aliphatic heterocycles. The third kappa shape index (κ3) is 1.09. The maximum Gasteiger partial charge on any atom is 0.278 e. The second-order valence-electron chi connectivity index (χ2n) is 3.54. The molecule has 2 heterocycles. The topological polar surface area (TPSA) is 54.6 Å². The summed E-state index contributed by atoms with van der Waals surface area (Å²) >= 11 is 1.21. The van der Waals surface area contributed by atoms with Crippen LogP contribution in [0.15, 0.2) is 29.1 Å². The van der Waals surface area contributed by atoms with E-state index >= 15 is 0 Å². The van der Waals surface area contributed by atoms with Crippen molar-refractivity contribution in [3.8, 4) is 0 Å². The Morgan fingerprint density at radius 1 is 1.44 bits per heavy atom. The summed E-state index contributed by atoms with van der Waals surface area (Å²) in [6.45, 7) is 1.51. The minimum Gasteiger partial charge on any atom is -0.511 e. The summed E-state index contributed by atoms with van der Waals surface area (Å²) in [5, 5.41) is 9.38. The van der Waals surface area contributed by atoms with Crippen molar-refractivity contribution in [3.63, 3.8) is 0 Å². The van der Waals surface area contributed by atoms with Gasteiger partial charge < -0.3 is 5.11 Å². The fourth-order valence-corrected chi connectivity index (χ4v) is 2.66. The number of aliphatic hydroxyl groups excluding tert-OH is 1. The van der Waals surface area contributed by atoms with Gasteiger partial charge in [0.1, 0.15) is 10.3 Å². The molecule has 3 rings (SSSR count). The molecule has 0 radical (unpaired) electrons. The Bertz CT molecular complexity index is 796. The molecule has 5 heteroatoms. The molecule has 0 amide bonds. The number of aromatic nitrogens is 2. The molecule has 80 valence electrons. The van der Waals surface area contributed by atoms with E-state index in [0.717, 1.165) is 11.0 Å². The molecule has 16 heavy (non-hydrogen) atoms. The average molecular weight is 232 g/mol. The van der Waals surface area contributed by atoms with Crippen molar-refractivity contribution in [2.24, 2.45) is 0 Å². The summed E-state index contributed by atoms with van der Waals surface area (Å²) in [4.78, 5) is 17.0. The molecule has 0 atom stereocenters.